The van der Waals surface area contributed by atoms with Crippen LogP contribution >= 0.6 is 0 Å². The molecule has 0 bridgehead atoms. The third kappa shape index (κ3) is 2.96. The number of anilines is 6. The van der Waals surface area contributed by atoms with Gasteiger partial charge in [0.05, 0.1) is 0 Å². The summed E-state index contributed by atoms with van der Waals surface area (Å²) in [7, 11) is 0. The predicted octanol–water partition coefficient (Wildman–Crippen LogP) is 7.47. The number of benzene rings is 5. The van der Waals surface area contributed by atoms with Gasteiger partial charge in [-0.05, 0) is 77.8 Å². The van der Waals surface area contributed by atoms with E-state index in [2.05, 4.69) is 137 Å². The Labute approximate surface area is 233 Å². The van der Waals surface area contributed by atoms with Crippen LogP contribution < -0.4 is 26.2 Å². The van der Waals surface area contributed by atoms with E-state index >= 15 is 0 Å². The van der Waals surface area contributed by atoms with Crippen LogP contribution in [0.3, 0.4) is 0 Å². The van der Waals surface area contributed by atoms with Gasteiger partial charge in [0.1, 0.15) is 11.3 Å². The first kappa shape index (κ1) is 21.9. The molecule has 188 valence electrons. The third-order valence-electron chi connectivity index (χ3n) is 8.70. The quantitative estimate of drug-likeness (QED) is 0.224. The molecule has 3 nitrogen and oxygen atoms in total. The van der Waals surface area contributed by atoms with Crippen molar-refractivity contribution in [3.05, 3.63) is 133 Å². The smallest absolute Gasteiger partial charge is 0.252 e. The molecule has 0 saturated heterocycles. The molecule has 5 aromatic carbocycles. The van der Waals surface area contributed by atoms with Crippen molar-refractivity contribution < 1.29 is 4.42 Å². The number of hydrogen-bond donors (Lipinski definition) is 0. The second kappa shape index (κ2) is 8.27. The third-order valence-corrected chi connectivity index (χ3v) is 8.70. The summed E-state index contributed by atoms with van der Waals surface area (Å²) in [6.07, 6.45) is 6.44. The van der Waals surface area contributed by atoms with Crippen molar-refractivity contribution in [2.24, 2.45) is 0 Å². The van der Waals surface area contributed by atoms with E-state index in [0.717, 1.165) is 29.9 Å². The molecule has 0 saturated carbocycles. The van der Waals surface area contributed by atoms with Crippen LogP contribution in [-0.4, -0.2) is 6.71 Å². The number of aryl methyl sites for hydroxylation is 1. The second-order valence-electron chi connectivity index (χ2n) is 10.8. The highest BCUT2D eigenvalue weighted by Gasteiger charge is 2.43. The molecule has 4 heteroatoms. The topological polar surface area (TPSA) is 19.6 Å². The number of para-hydroxylation sites is 3. The first-order valence-electron chi connectivity index (χ1n) is 14.0. The lowest BCUT2D eigenvalue weighted by atomic mass is 9.33. The van der Waals surface area contributed by atoms with Gasteiger partial charge in [0, 0.05) is 51.1 Å². The van der Waals surface area contributed by atoms with Crippen LogP contribution in [-0.2, 0) is 6.42 Å². The molecule has 3 aliphatic rings. The van der Waals surface area contributed by atoms with E-state index < -0.39 is 0 Å². The molecule has 40 heavy (non-hydrogen) atoms. The lowest BCUT2D eigenvalue weighted by molar-refractivity contribution is 0.595. The fourth-order valence-electron chi connectivity index (χ4n) is 7.07. The number of nitrogens with zero attached hydrogens (tertiary/aromatic N) is 2. The van der Waals surface area contributed by atoms with Crippen LogP contribution in [0.15, 0.2) is 126 Å². The molecule has 9 rings (SSSR count). The van der Waals surface area contributed by atoms with Crippen LogP contribution in [0.2, 0.25) is 0 Å². The maximum atomic E-state index is 6.46. The average molecular weight is 512 g/mol. The number of furan rings is 1. The summed E-state index contributed by atoms with van der Waals surface area (Å²) in [5, 5.41) is 1.25. The second-order valence-corrected chi connectivity index (χ2v) is 10.8. The van der Waals surface area contributed by atoms with Crippen LogP contribution in [0, 0.1) is 0 Å². The van der Waals surface area contributed by atoms with E-state index in [-0.39, 0.29) is 6.71 Å². The van der Waals surface area contributed by atoms with Crippen molar-refractivity contribution in [3.63, 3.8) is 0 Å². The molecular weight excluding hydrogens is 487 g/mol. The lowest BCUT2D eigenvalue weighted by Gasteiger charge is -2.44. The maximum Gasteiger partial charge on any atom is 0.252 e. The van der Waals surface area contributed by atoms with Gasteiger partial charge >= 0.3 is 0 Å². The first-order chi connectivity index (χ1) is 19.9. The Bertz CT molecular complexity index is 1980. The van der Waals surface area contributed by atoms with Crippen molar-refractivity contribution in [3.8, 4) is 0 Å². The van der Waals surface area contributed by atoms with Gasteiger partial charge in [0.25, 0.3) is 6.71 Å². The van der Waals surface area contributed by atoms with Crippen LogP contribution in [0.25, 0.3) is 17.0 Å². The van der Waals surface area contributed by atoms with Crippen LogP contribution in [0.5, 0.6) is 0 Å². The van der Waals surface area contributed by atoms with Crippen LogP contribution in [0.4, 0.5) is 34.1 Å². The Kier molecular flexibility index (Phi) is 4.53. The zero-order valence-corrected chi connectivity index (χ0v) is 21.9. The molecule has 0 atom stereocenters. The van der Waals surface area contributed by atoms with Crippen molar-refractivity contribution in [2.45, 2.75) is 12.8 Å². The average Bonchev–Trinajstić information content (AvgIpc) is 3.38. The maximum absolute atomic E-state index is 6.46. The minimum atomic E-state index is 0.117. The van der Waals surface area contributed by atoms with E-state index in [0.29, 0.717) is 0 Å². The Balaban J connectivity index is 1.40. The molecule has 1 aliphatic carbocycles. The summed E-state index contributed by atoms with van der Waals surface area (Å²) >= 11 is 0. The summed E-state index contributed by atoms with van der Waals surface area (Å²) in [5.74, 6) is 1.01. The largest absolute Gasteiger partial charge is 0.456 e. The Morgan fingerprint density at radius 1 is 0.600 bits per heavy atom. The van der Waals surface area contributed by atoms with Gasteiger partial charge in [0.2, 0.25) is 0 Å². The summed E-state index contributed by atoms with van der Waals surface area (Å²) in [5.41, 5.74) is 13.5. The van der Waals surface area contributed by atoms with Gasteiger partial charge in [0.15, 0.2) is 0 Å². The molecule has 0 radical (unpaired) electrons. The minimum Gasteiger partial charge on any atom is -0.456 e. The molecule has 0 N–H and O–H groups in total. The highest BCUT2D eigenvalue weighted by Crippen LogP contribution is 2.45. The van der Waals surface area contributed by atoms with Crippen molar-refractivity contribution in [1.82, 2.24) is 0 Å². The summed E-state index contributed by atoms with van der Waals surface area (Å²) < 4.78 is 6.46. The lowest BCUT2D eigenvalue weighted by Crippen LogP contribution is -2.61. The van der Waals surface area contributed by atoms with Crippen molar-refractivity contribution in [1.29, 1.82) is 0 Å². The molecule has 0 spiro atoms. The van der Waals surface area contributed by atoms with Crippen LogP contribution in [0.1, 0.15) is 17.7 Å². The number of allylic oxidation sites excluding steroid dienone is 1. The Morgan fingerprint density at radius 2 is 1.25 bits per heavy atom. The summed E-state index contributed by atoms with van der Waals surface area (Å²) in [6, 6.07) is 41.9. The summed E-state index contributed by atoms with van der Waals surface area (Å²) in [6.45, 7) is 0.117. The molecule has 0 amide bonds. The number of fused-ring (bicyclic) bond motifs is 7. The van der Waals surface area contributed by atoms with E-state index in [1.54, 1.807) is 0 Å². The van der Waals surface area contributed by atoms with Gasteiger partial charge in [-0.1, -0.05) is 72.8 Å². The molecule has 3 heterocycles. The highest BCUT2D eigenvalue weighted by molar-refractivity contribution is 7.00. The first-order valence-corrected chi connectivity index (χ1v) is 14.0. The summed E-state index contributed by atoms with van der Waals surface area (Å²) in [4.78, 5) is 4.86. The van der Waals surface area contributed by atoms with E-state index in [4.69, 9.17) is 4.42 Å². The zero-order valence-electron chi connectivity index (χ0n) is 21.9. The van der Waals surface area contributed by atoms with E-state index in [9.17, 15) is 0 Å². The highest BCUT2D eigenvalue weighted by atomic mass is 16.3. The van der Waals surface area contributed by atoms with Gasteiger partial charge in [-0.25, -0.2) is 0 Å². The monoisotopic (exact) mass is 512 g/mol. The molecule has 6 aromatic rings. The SMILES string of the molecule is C1=Cc2oc3cc4c(cc3c2CC1)B1c2ccccc2N(c2ccccc2)c2cccc(c21)N4c1ccccc1. The minimum absolute atomic E-state index is 0.117. The van der Waals surface area contributed by atoms with Gasteiger partial charge < -0.3 is 14.2 Å². The normalized spacial score (nSPS) is 14.6. The van der Waals surface area contributed by atoms with Gasteiger partial charge in [-0.2, -0.15) is 0 Å². The van der Waals surface area contributed by atoms with Crippen molar-refractivity contribution >= 4 is 74.3 Å². The molecule has 1 aromatic heterocycles. The van der Waals surface area contributed by atoms with Gasteiger partial charge in [-0.15, -0.1) is 0 Å². The molecular formula is C36H25BN2O. The fourth-order valence-corrected chi connectivity index (χ4v) is 7.07. The van der Waals surface area contributed by atoms with Gasteiger partial charge in [-0.3, -0.25) is 0 Å². The molecule has 0 fully saturated rings. The molecule has 2 aliphatic heterocycles. The fraction of sp³-hybridized carbons (Fsp3) is 0.0556. The Morgan fingerprint density at radius 3 is 2.00 bits per heavy atom. The van der Waals surface area contributed by atoms with Crippen molar-refractivity contribution in [2.75, 3.05) is 9.80 Å². The number of rotatable bonds is 2. The van der Waals surface area contributed by atoms with E-state index in [1.807, 2.05) is 0 Å². The Hall–Kier alpha value is -4.96. The zero-order chi connectivity index (χ0) is 26.2. The standard InChI is InChI=1S/C36H25BN2O/c1-3-12-24(13-4-1)38-30-18-9-8-17-28(30)37-29-22-27-26-16-7-10-21-34(26)40-35(27)23-33(29)39(25-14-5-2-6-15-25)32-20-11-19-31(38)36(32)37/h1-6,8-15,17-23H,7,16H2. The predicted molar refractivity (Wildman–Crippen MR) is 168 cm³/mol. The van der Waals surface area contributed by atoms with E-state index in [1.165, 1.54) is 55.8 Å². The number of hydrogen-bond acceptors (Lipinski definition) is 3. The molecule has 0 unspecified atom stereocenters.